The molecule has 1 heterocycles. The lowest BCUT2D eigenvalue weighted by molar-refractivity contribution is 0.101. The van der Waals surface area contributed by atoms with Crippen molar-refractivity contribution < 1.29 is 4.79 Å². The van der Waals surface area contributed by atoms with Crippen LogP contribution in [0.1, 0.15) is 35.9 Å². The third-order valence-corrected chi connectivity index (χ3v) is 3.88. The van der Waals surface area contributed by atoms with Crippen LogP contribution in [0.3, 0.4) is 0 Å². The van der Waals surface area contributed by atoms with E-state index in [0.717, 1.165) is 8.95 Å². The lowest BCUT2D eigenvalue weighted by atomic mass is 10.2. The molecule has 1 aromatic carbocycles. The molecule has 108 valence electrons. The highest BCUT2D eigenvalue weighted by Gasteiger charge is 2.16. The number of anilines is 1. The van der Waals surface area contributed by atoms with Crippen molar-refractivity contribution in [2.45, 2.75) is 19.9 Å². The van der Waals surface area contributed by atoms with Crippen LogP contribution in [0, 0.1) is 11.3 Å². The van der Waals surface area contributed by atoms with E-state index in [1.54, 1.807) is 24.3 Å². The van der Waals surface area contributed by atoms with Crippen LogP contribution in [0.15, 0.2) is 39.4 Å². The van der Waals surface area contributed by atoms with Crippen LogP contribution in [-0.2, 0) is 0 Å². The van der Waals surface area contributed by atoms with Gasteiger partial charge in [0.1, 0.15) is 11.8 Å². The number of aromatic nitrogens is 1. The molecule has 0 saturated heterocycles. The lowest BCUT2D eigenvalue weighted by Gasteiger charge is -2.13. The van der Waals surface area contributed by atoms with Gasteiger partial charge in [-0.3, -0.25) is 4.79 Å². The Kier molecular flexibility index (Phi) is 4.86. The highest BCUT2D eigenvalue weighted by atomic mass is 79.9. The third-order valence-electron chi connectivity index (χ3n) is 2.95. The Morgan fingerprint density at radius 2 is 2.00 bits per heavy atom. The molecule has 1 aromatic heterocycles. The number of carbonyl (C=O) groups excluding carboxylic acids is 1. The summed E-state index contributed by atoms with van der Waals surface area (Å²) in [4.78, 5) is 12.4. The number of nitrogens with zero attached hydrogens (tertiary/aromatic N) is 2. The Bertz CT molecular complexity index is 729. The van der Waals surface area contributed by atoms with Gasteiger partial charge in [-0.15, -0.1) is 0 Å². The standard InChI is InChI=1S/C15H13Br2N3O/c1-9(2)20-8-12(17)6-14(20)15(21)19-13-4-3-11(16)5-10(13)7-18/h3-6,8-9H,1-2H3,(H,19,21). The van der Waals surface area contributed by atoms with Gasteiger partial charge in [0, 0.05) is 21.2 Å². The summed E-state index contributed by atoms with van der Waals surface area (Å²) in [5.74, 6) is -0.242. The largest absolute Gasteiger partial charge is 0.340 e. The Morgan fingerprint density at radius 3 is 2.62 bits per heavy atom. The van der Waals surface area contributed by atoms with E-state index in [1.807, 2.05) is 24.6 Å². The van der Waals surface area contributed by atoms with Crippen molar-refractivity contribution >= 4 is 43.5 Å². The van der Waals surface area contributed by atoms with Crippen molar-refractivity contribution in [3.8, 4) is 6.07 Å². The summed E-state index contributed by atoms with van der Waals surface area (Å²) in [6.45, 7) is 4.01. The molecule has 4 nitrogen and oxygen atoms in total. The van der Waals surface area contributed by atoms with E-state index in [2.05, 4.69) is 43.2 Å². The van der Waals surface area contributed by atoms with Gasteiger partial charge < -0.3 is 9.88 Å². The van der Waals surface area contributed by atoms with E-state index in [0.29, 0.717) is 16.9 Å². The second-order valence-corrected chi connectivity index (χ2v) is 6.63. The Morgan fingerprint density at radius 1 is 1.29 bits per heavy atom. The minimum Gasteiger partial charge on any atom is -0.340 e. The molecule has 1 N–H and O–H groups in total. The molecule has 21 heavy (non-hydrogen) atoms. The van der Waals surface area contributed by atoms with Crippen molar-refractivity contribution in [1.29, 1.82) is 5.26 Å². The van der Waals surface area contributed by atoms with Crippen LogP contribution in [0.25, 0.3) is 0 Å². The van der Waals surface area contributed by atoms with E-state index in [1.165, 1.54) is 0 Å². The zero-order chi connectivity index (χ0) is 15.6. The Hall–Kier alpha value is -1.58. The summed E-state index contributed by atoms with van der Waals surface area (Å²) >= 11 is 6.69. The first-order valence-corrected chi connectivity index (χ1v) is 7.89. The topological polar surface area (TPSA) is 57.8 Å². The number of rotatable bonds is 3. The van der Waals surface area contributed by atoms with Gasteiger partial charge in [0.05, 0.1) is 11.3 Å². The molecule has 6 heteroatoms. The summed E-state index contributed by atoms with van der Waals surface area (Å²) in [5.41, 5.74) is 1.46. The second kappa shape index (κ2) is 6.46. The van der Waals surface area contributed by atoms with E-state index >= 15 is 0 Å². The van der Waals surface area contributed by atoms with Crippen LogP contribution < -0.4 is 5.32 Å². The summed E-state index contributed by atoms with van der Waals surface area (Å²) in [6, 6.07) is 9.17. The summed E-state index contributed by atoms with van der Waals surface area (Å²) in [7, 11) is 0. The van der Waals surface area contributed by atoms with Gasteiger partial charge in [-0.2, -0.15) is 5.26 Å². The van der Waals surface area contributed by atoms with Crippen LogP contribution in [-0.4, -0.2) is 10.5 Å². The van der Waals surface area contributed by atoms with Crippen LogP contribution in [0.5, 0.6) is 0 Å². The molecule has 0 atom stereocenters. The van der Waals surface area contributed by atoms with Crippen molar-refractivity contribution in [3.05, 3.63) is 50.7 Å². The maximum Gasteiger partial charge on any atom is 0.272 e. The maximum absolute atomic E-state index is 12.4. The Balaban J connectivity index is 2.33. The van der Waals surface area contributed by atoms with Gasteiger partial charge in [0.2, 0.25) is 0 Å². The molecular weight excluding hydrogens is 398 g/mol. The van der Waals surface area contributed by atoms with Gasteiger partial charge in [-0.1, -0.05) is 15.9 Å². The highest BCUT2D eigenvalue weighted by Crippen LogP contribution is 2.23. The molecule has 2 aromatic rings. The number of carbonyl (C=O) groups is 1. The van der Waals surface area contributed by atoms with Crippen molar-refractivity contribution in [1.82, 2.24) is 4.57 Å². The van der Waals surface area contributed by atoms with Crippen LogP contribution in [0.4, 0.5) is 5.69 Å². The fraction of sp³-hybridized carbons (Fsp3) is 0.200. The van der Waals surface area contributed by atoms with E-state index < -0.39 is 0 Å². The minimum atomic E-state index is -0.242. The number of amides is 1. The van der Waals surface area contributed by atoms with Crippen molar-refractivity contribution in [2.24, 2.45) is 0 Å². The molecule has 0 aliphatic carbocycles. The van der Waals surface area contributed by atoms with E-state index in [4.69, 9.17) is 5.26 Å². The van der Waals surface area contributed by atoms with Gasteiger partial charge in [-0.25, -0.2) is 0 Å². The fourth-order valence-electron chi connectivity index (χ4n) is 1.96. The number of hydrogen-bond donors (Lipinski definition) is 1. The van der Waals surface area contributed by atoms with Crippen LogP contribution >= 0.6 is 31.9 Å². The zero-order valence-corrected chi connectivity index (χ0v) is 14.7. The molecule has 0 spiro atoms. The third kappa shape index (κ3) is 3.55. The average Bonchev–Trinajstić information content (AvgIpc) is 2.83. The molecule has 0 fully saturated rings. The minimum absolute atomic E-state index is 0.164. The molecular formula is C15H13Br2N3O. The summed E-state index contributed by atoms with van der Waals surface area (Å²) in [5, 5.41) is 11.9. The molecule has 0 bridgehead atoms. The number of benzene rings is 1. The van der Waals surface area contributed by atoms with Gasteiger partial charge >= 0.3 is 0 Å². The molecule has 0 aliphatic heterocycles. The summed E-state index contributed by atoms with van der Waals surface area (Å²) < 4.78 is 3.52. The molecule has 0 unspecified atom stereocenters. The predicted molar refractivity (Wildman–Crippen MR) is 89.3 cm³/mol. The number of nitrogens with one attached hydrogen (secondary N) is 1. The molecule has 2 rings (SSSR count). The lowest BCUT2D eigenvalue weighted by Crippen LogP contribution is -2.18. The molecule has 0 radical (unpaired) electrons. The van der Waals surface area contributed by atoms with Gasteiger partial charge in [0.15, 0.2) is 0 Å². The number of halogens is 2. The number of nitriles is 1. The molecule has 0 saturated carbocycles. The normalized spacial score (nSPS) is 10.5. The predicted octanol–water partition coefficient (Wildman–Crippen LogP) is 4.72. The van der Waals surface area contributed by atoms with E-state index in [-0.39, 0.29) is 11.9 Å². The van der Waals surface area contributed by atoms with Crippen molar-refractivity contribution in [2.75, 3.05) is 5.32 Å². The smallest absolute Gasteiger partial charge is 0.272 e. The zero-order valence-electron chi connectivity index (χ0n) is 11.5. The molecule has 1 amide bonds. The first kappa shape index (κ1) is 15.8. The Labute approximate surface area is 140 Å². The quantitative estimate of drug-likeness (QED) is 0.795. The van der Waals surface area contributed by atoms with E-state index in [9.17, 15) is 4.79 Å². The van der Waals surface area contributed by atoms with Gasteiger partial charge in [-0.05, 0) is 54.0 Å². The first-order valence-electron chi connectivity index (χ1n) is 6.30. The summed E-state index contributed by atoms with van der Waals surface area (Å²) in [6.07, 6.45) is 1.87. The van der Waals surface area contributed by atoms with Crippen LogP contribution in [0.2, 0.25) is 0 Å². The first-order chi connectivity index (χ1) is 9.92. The van der Waals surface area contributed by atoms with Gasteiger partial charge in [0.25, 0.3) is 5.91 Å². The second-order valence-electron chi connectivity index (χ2n) is 4.80. The monoisotopic (exact) mass is 409 g/mol. The van der Waals surface area contributed by atoms with Crippen molar-refractivity contribution in [3.63, 3.8) is 0 Å². The molecule has 0 aliphatic rings. The SMILES string of the molecule is CC(C)n1cc(Br)cc1C(=O)Nc1ccc(Br)cc1C#N. The highest BCUT2D eigenvalue weighted by molar-refractivity contribution is 9.10. The average molecular weight is 411 g/mol. The maximum atomic E-state index is 12.4. The number of hydrogen-bond acceptors (Lipinski definition) is 2. The fourth-order valence-corrected chi connectivity index (χ4v) is 2.76.